The lowest BCUT2D eigenvalue weighted by Gasteiger charge is -2.49. The molecule has 1 aromatic heterocycles. The molecule has 178 valence electrons. The number of fused-ring (bicyclic) bond motifs is 1. The summed E-state index contributed by atoms with van der Waals surface area (Å²) in [5.41, 5.74) is 4.75. The Morgan fingerprint density at radius 1 is 1.32 bits per heavy atom. The number of H-pyrrole nitrogens is 1. The summed E-state index contributed by atoms with van der Waals surface area (Å²) in [4.78, 5) is 56.9. The second-order valence-corrected chi connectivity index (χ2v) is 11.1. The van der Waals surface area contributed by atoms with Crippen LogP contribution in [0.5, 0.6) is 0 Å². The molecular formula is C19H15Cl2N5O5S3. The van der Waals surface area contributed by atoms with Crippen LogP contribution in [0.25, 0.3) is 0 Å². The number of nitrogen functional groups attached to an aromatic ring is 1. The largest absolute Gasteiger partial charge is 0.477 e. The Labute approximate surface area is 215 Å². The number of halogens is 2. The van der Waals surface area contributed by atoms with Crippen LogP contribution in [0, 0.1) is 0 Å². The zero-order valence-electron chi connectivity index (χ0n) is 16.9. The quantitative estimate of drug-likeness (QED) is 0.225. The highest BCUT2D eigenvalue weighted by atomic mass is 35.5. The van der Waals surface area contributed by atoms with Gasteiger partial charge in [0.05, 0.1) is 10.8 Å². The molecule has 1 saturated heterocycles. The number of anilines is 1. The number of carbonyl (C=O) groups excluding carboxylic acids is 2. The summed E-state index contributed by atoms with van der Waals surface area (Å²) in [5, 5.41) is 13.0. The van der Waals surface area contributed by atoms with E-state index in [1.807, 2.05) is 0 Å². The normalized spacial score (nSPS) is 19.5. The monoisotopic (exact) mass is 559 g/mol. The van der Waals surface area contributed by atoms with Crippen LogP contribution in [0.2, 0.25) is 10.0 Å². The first-order valence-corrected chi connectivity index (χ1v) is 13.1. The van der Waals surface area contributed by atoms with Gasteiger partial charge >= 0.3 is 11.7 Å². The number of carboxylic acid groups (broad SMARTS) is 1. The molecule has 2 amide bonds. The number of thioether (sulfide) groups is 3. The van der Waals surface area contributed by atoms with Gasteiger partial charge in [-0.15, -0.1) is 23.5 Å². The minimum Gasteiger partial charge on any atom is -0.477 e. The van der Waals surface area contributed by atoms with E-state index in [1.165, 1.54) is 29.6 Å². The molecule has 15 heteroatoms. The second kappa shape index (κ2) is 10.1. The number of aliphatic carboxylic acids is 1. The van der Waals surface area contributed by atoms with Gasteiger partial charge in [-0.1, -0.05) is 35.0 Å². The number of amides is 2. The highest BCUT2D eigenvalue weighted by molar-refractivity contribution is 8.06. The van der Waals surface area contributed by atoms with Crippen LogP contribution < -0.4 is 16.7 Å². The third-order valence-electron chi connectivity index (χ3n) is 4.67. The summed E-state index contributed by atoms with van der Waals surface area (Å²) in [6, 6.07) is 5.45. The van der Waals surface area contributed by atoms with Crippen LogP contribution in [0.3, 0.4) is 0 Å². The first-order chi connectivity index (χ1) is 16.1. The van der Waals surface area contributed by atoms with Crippen LogP contribution in [-0.4, -0.2) is 60.7 Å². The van der Waals surface area contributed by atoms with Crippen molar-refractivity contribution < 1.29 is 19.5 Å². The van der Waals surface area contributed by atoms with Crippen LogP contribution in [0.1, 0.15) is 0 Å². The second-order valence-electron chi connectivity index (χ2n) is 6.98. The number of hydrogen-bond acceptors (Lipinski definition) is 9. The number of carbonyl (C=O) groups is 3. The van der Waals surface area contributed by atoms with Crippen molar-refractivity contribution in [3.8, 4) is 0 Å². The first kappa shape index (κ1) is 24.8. The predicted molar refractivity (Wildman–Crippen MR) is 132 cm³/mol. The maximum absolute atomic E-state index is 12.8. The molecule has 3 heterocycles. The zero-order chi connectivity index (χ0) is 24.6. The molecule has 5 N–H and O–H groups in total. The average molecular weight is 560 g/mol. The van der Waals surface area contributed by atoms with E-state index in [0.29, 0.717) is 19.8 Å². The Kier molecular flexibility index (Phi) is 7.38. The van der Waals surface area contributed by atoms with Gasteiger partial charge in [0.15, 0.2) is 0 Å². The molecule has 2 aliphatic heterocycles. The van der Waals surface area contributed by atoms with Gasteiger partial charge in [0.1, 0.15) is 28.0 Å². The SMILES string of the molecule is Nc1cc(SC2=C(C(=O)O)N3C(=O)[C@@H](NC(=O)CSc4cc(Cl)ccc4Cl)[C@H]3SC2)nc(=O)[nH]1. The van der Waals surface area contributed by atoms with Crippen molar-refractivity contribution in [1.29, 1.82) is 0 Å². The average Bonchev–Trinajstić information content (AvgIpc) is 2.76. The van der Waals surface area contributed by atoms with Crippen molar-refractivity contribution in [2.45, 2.75) is 21.3 Å². The molecule has 4 rings (SSSR count). The topological polar surface area (TPSA) is 158 Å². The van der Waals surface area contributed by atoms with Crippen molar-refractivity contribution >= 4 is 82.1 Å². The third-order valence-corrected chi connectivity index (χ3v) is 8.87. The Hall–Kier alpha value is -2.32. The van der Waals surface area contributed by atoms with Crippen molar-refractivity contribution in [2.75, 3.05) is 17.2 Å². The van der Waals surface area contributed by atoms with Crippen molar-refractivity contribution in [3.63, 3.8) is 0 Å². The Balaban J connectivity index is 1.44. The molecule has 0 spiro atoms. The molecule has 2 aliphatic rings. The first-order valence-electron chi connectivity index (χ1n) is 9.47. The number of β-lactam (4-membered cyclic amide) rings is 1. The van der Waals surface area contributed by atoms with Gasteiger partial charge in [-0.25, -0.2) is 9.59 Å². The molecule has 0 radical (unpaired) electrons. The Morgan fingerprint density at radius 3 is 2.79 bits per heavy atom. The molecule has 0 saturated carbocycles. The fraction of sp³-hybridized carbons (Fsp3) is 0.211. The minimum absolute atomic E-state index is 0.000394. The van der Waals surface area contributed by atoms with Crippen molar-refractivity contribution in [3.05, 3.63) is 55.4 Å². The van der Waals surface area contributed by atoms with Crippen LogP contribution >= 0.6 is 58.5 Å². The number of nitrogens with zero attached hydrogens (tertiary/aromatic N) is 2. The summed E-state index contributed by atoms with van der Waals surface area (Å²) in [5.74, 6) is -1.90. The Bertz CT molecular complexity index is 1290. The molecule has 0 aliphatic carbocycles. The lowest BCUT2D eigenvalue weighted by molar-refractivity contribution is -0.150. The van der Waals surface area contributed by atoms with E-state index in [9.17, 15) is 24.3 Å². The van der Waals surface area contributed by atoms with Crippen LogP contribution in [0.15, 0.2) is 49.6 Å². The van der Waals surface area contributed by atoms with E-state index in [4.69, 9.17) is 28.9 Å². The molecule has 34 heavy (non-hydrogen) atoms. The standard InChI is InChI=1S/C19H15Cl2N5O5S3/c20-7-1-2-8(21)9(3-7)32-6-12(27)24-14-16(28)26-15(18(29)30)10(5-33-17(14)26)34-13-4-11(22)23-19(31)25-13/h1-4,14,17H,5-6H2,(H,24,27)(H,29,30)(H3,22,23,25,31)/t14-,17-/m1/s1. The molecule has 2 atom stereocenters. The van der Waals surface area contributed by atoms with Crippen LogP contribution in [-0.2, 0) is 14.4 Å². The summed E-state index contributed by atoms with van der Waals surface area (Å²) in [6.45, 7) is 0. The fourth-order valence-electron chi connectivity index (χ4n) is 3.25. The third kappa shape index (κ3) is 5.18. The van der Waals surface area contributed by atoms with Gasteiger partial charge in [-0.2, -0.15) is 4.98 Å². The number of aromatic amines is 1. The number of nitrogens with one attached hydrogen (secondary N) is 2. The molecular weight excluding hydrogens is 545 g/mol. The maximum Gasteiger partial charge on any atom is 0.353 e. The summed E-state index contributed by atoms with van der Waals surface area (Å²) in [6.07, 6.45) is 0. The van der Waals surface area contributed by atoms with Gasteiger partial charge in [0.25, 0.3) is 5.91 Å². The highest BCUT2D eigenvalue weighted by Gasteiger charge is 2.54. The summed E-state index contributed by atoms with van der Waals surface area (Å²) in [7, 11) is 0. The molecule has 2 aromatic rings. The smallest absolute Gasteiger partial charge is 0.353 e. The lowest BCUT2D eigenvalue weighted by atomic mass is 10.1. The van der Waals surface area contributed by atoms with E-state index in [1.54, 1.807) is 18.2 Å². The molecule has 0 unspecified atom stereocenters. The number of benzene rings is 1. The van der Waals surface area contributed by atoms with Gasteiger partial charge in [-0.05, 0) is 18.2 Å². The van der Waals surface area contributed by atoms with Crippen molar-refractivity contribution in [2.24, 2.45) is 0 Å². The number of rotatable bonds is 7. The fourth-order valence-corrected chi connectivity index (χ4v) is 7.03. The van der Waals surface area contributed by atoms with E-state index < -0.39 is 34.9 Å². The minimum atomic E-state index is -1.30. The lowest BCUT2D eigenvalue weighted by Crippen LogP contribution is -2.70. The summed E-state index contributed by atoms with van der Waals surface area (Å²) < 4.78 is 0. The predicted octanol–water partition coefficient (Wildman–Crippen LogP) is 2.24. The van der Waals surface area contributed by atoms with Gasteiger partial charge in [0.2, 0.25) is 5.91 Å². The van der Waals surface area contributed by atoms with E-state index in [0.717, 1.165) is 16.7 Å². The van der Waals surface area contributed by atoms with E-state index >= 15 is 0 Å². The van der Waals surface area contributed by atoms with E-state index in [2.05, 4.69) is 15.3 Å². The molecule has 0 bridgehead atoms. The zero-order valence-corrected chi connectivity index (χ0v) is 20.9. The maximum atomic E-state index is 12.8. The molecule has 1 aromatic carbocycles. The summed E-state index contributed by atoms with van der Waals surface area (Å²) >= 11 is 15.5. The number of aromatic nitrogens is 2. The molecule has 10 nitrogen and oxygen atoms in total. The van der Waals surface area contributed by atoms with E-state index in [-0.39, 0.29) is 28.0 Å². The Morgan fingerprint density at radius 2 is 2.09 bits per heavy atom. The number of carboxylic acids is 1. The molecule has 1 fully saturated rings. The van der Waals surface area contributed by atoms with Crippen LogP contribution in [0.4, 0.5) is 5.82 Å². The van der Waals surface area contributed by atoms with Gasteiger partial charge < -0.3 is 16.2 Å². The van der Waals surface area contributed by atoms with Gasteiger partial charge in [-0.3, -0.25) is 19.5 Å². The highest BCUT2D eigenvalue weighted by Crippen LogP contribution is 2.44. The number of nitrogens with two attached hydrogens (primary N) is 1. The number of hydrogen-bond donors (Lipinski definition) is 4. The van der Waals surface area contributed by atoms with Crippen molar-refractivity contribution in [1.82, 2.24) is 20.2 Å². The van der Waals surface area contributed by atoms with Gasteiger partial charge in [0, 0.05) is 26.6 Å².